The second kappa shape index (κ2) is 6.27. The van der Waals surface area contributed by atoms with Gasteiger partial charge in [-0.3, -0.25) is 4.79 Å². The summed E-state index contributed by atoms with van der Waals surface area (Å²) < 4.78 is 0. The van der Waals surface area contributed by atoms with Gasteiger partial charge in [0.05, 0.1) is 6.10 Å². The number of rotatable bonds is 5. The second-order valence-electron chi connectivity index (χ2n) is 3.20. The van der Waals surface area contributed by atoms with E-state index in [1.807, 2.05) is 10.8 Å². The summed E-state index contributed by atoms with van der Waals surface area (Å²) in [5.74, 6) is 0.539. The van der Waals surface area contributed by atoms with Crippen molar-refractivity contribution in [2.45, 2.75) is 25.6 Å². The minimum absolute atomic E-state index is 0.0345. The molecule has 2 N–H and O–H groups in total. The van der Waals surface area contributed by atoms with Crippen molar-refractivity contribution in [1.29, 1.82) is 0 Å². The lowest BCUT2D eigenvalue weighted by Crippen LogP contribution is -2.18. The average Bonchev–Trinajstić information content (AvgIpc) is 2.68. The summed E-state index contributed by atoms with van der Waals surface area (Å²) in [6.45, 7) is 1.49. The summed E-state index contributed by atoms with van der Waals surface area (Å²) in [7, 11) is 0. The van der Waals surface area contributed by atoms with Gasteiger partial charge in [0.1, 0.15) is 6.10 Å². The zero-order valence-corrected chi connectivity index (χ0v) is 10.1. The molecule has 15 heavy (non-hydrogen) atoms. The molecule has 0 fully saturated rings. The Bertz CT molecular complexity index is 298. The maximum Gasteiger partial charge on any atom is 0.185 e. The molecule has 0 aromatic carbocycles. The van der Waals surface area contributed by atoms with Gasteiger partial charge in [0.2, 0.25) is 0 Å². The van der Waals surface area contributed by atoms with Gasteiger partial charge in [-0.15, -0.1) is 0 Å². The minimum atomic E-state index is -0.844. The maximum absolute atomic E-state index is 10.6. The highest BCUT2D eigenvalue weighted by atomic mass is 32.2. The van der Waals surface area contributed by atoms with Crippen molar-refractivity contribution in [3.05, 3.63) is 22.4 Å². The van der Waals surface area contributed by atoms with Crippen molar-refractivity contribution in [3.8, 4) is 0 Å². The molecule has 1 heterocycles. The van der Waals surface area contributed by atoms with Crippen molar-refractivity contribution in [2.24, 2.45) is 0 Å². The van der Waals surface area contributed by atoms with E-state index in [4.69, 9.17) is 0 Å². The smallest absolute Gasteiger partial charge is 0.185 e. The van der Waals surface area contributed by atoms with Crippen LogP contribution in [-0.2, 0) is 4.79 Å². The summed E-state index contributed by atoms with van der Waals surface area (Å²) in [6.07, 6.45) is -1.23. The fourth-order valence-electron chi connectivity index (χ4n) is 1.15. The highest BCUT2D eigenvalue weighted by Gasteiger charge is 2.18. The molecule has 0 bridgehead atoms. The molecule has 0 amide bonds. The van der Waals surface area contributed by atoms with Crippen molar-refractivity contribution >= 4 is 28.2 Å². The molecule has 0 radical (unpaired) electrons. The third-order valence-electron chi connectivity index (χ3n) is 1.97. The molecule has 5 heteroatoms. The number of aliphatic hydroxyl groups excluding tert-OH is 2. The molecule has 1 rings (SSSR count). The lowest BCUT2D eigenvalue weighted by Gasteiger charge is -2.16. The number of hydrogen-bond acceptors (Lipinski definition) is 5. The van der Waals surface area contributed by atoms with Crippen LogP contribution in [-0.4, -0.2) is 27.2 Å². The first kappa shape index (κ1) is 12.7. The van der Waals surface area contributed by atoms with E-state index in [1.54, 1.807) is 6.07 Å². The average molecular weight is 246 g/mol. The van der Waals surface area contributed by atoms with Gasteiger partial charge >= 0.3 is 0 Å². The summed E-state index contributed by atoms with van der Waals surface area (Å²) in [6, 6.07) is 1.79. The zero-order valence-electron chi connectivity index (χ0n) is 8.42. The monoisotopic (exact) mass is 246 g/mol. The van der Waals surface area contributed by atoms with Gasteiger partial charge in [-0.2, -0.15) is 11.3 Å². The minimum Gasteiger partial charge on any atom is -0.390 e. The molecule has 2 unspecified atom stereocenters. The van der Waals surface area contributed by atoms with Crippen LogP contribution in [0.5, 0.6) is 0 Å². The SMILES string of the molecule is CC(=O)SCCC(O)C(O)c1ccsc1. The van der Waals surface area contributed by atoms with Gasteiger partial charge in [-0.1, -0.05) is 11.8 Å². The lowest BCUT2D eigenvalue weighted by molar-refractivity contribution is -0.109. The van der Waals surface area contributed by atoms with Crippen LogP contribution >= 0.6 is 23.1 Å². The first-order valence-electron chi connectivity index (χ1n) is 4.63. The number of hydrogen-bond donors (Lipinski definition) is 2. The van der Waals surface area contributed by atoms with E-state index >= 15 is 0 Å². The first-order chi connectivity index (χ1) is 7.11. The van der Waals surface area contributed by atoms with E-state index in [2.05, 4.69) is 0 Å². The molecule has 84 valence electrons. The molecule has 0 aliphatic carbocycles. The third kappa shape index (κ3) is 4.34. The number of carbonyl (C=O) groups excluding carboxylic acids is 1. The van der Waals surface area contributed by atoms with Crippen LogP contribution in [0.25, 0.3) is 0 Å². The van der Waals surface area contributed by atoms with Crippen molar-refractivity contribution in [1.82, 2.24) is 0 Å². The number of carbonyl (C=O) groups is 1. The fraction of sp³-hybridized carbons (Fsp3) is 0.500. The van der Waals surface area contributed by atoms with Crippen LogP contribution in [0, 0.1) is 0 Å². The molecule has 0 spiro atoms. The predicted octanol–water partition coefficient (Wildman–Crippen LogP) is 1.81. The van der Waals surface area contributed by atoms with Gasteiger partial charge in [0.15, 0.2) is 5.12 Å². The summed E-state index contributed by atoms with van der Waals surface area (Å²) >= 11 is 2.65. The van der Waals surface area contributed by atoms with Crippen molar-refractivity contribution in [3.63, 3.8) is 0 Å². The Hall–Kier alpha value is -0.360. The quantitative estimate of drug-likeness (QED) is 0.832. The highest BCUT2D eigenvalue weighted by Crippen LogP contribution is 2.22. The zero-order chi connectivity index (χ0) is 11.3. The largest absolute Gasteiger partial charge is 0.390 e. The number of aliphatic hydroxyl groups is 2. The van der Waals surface area contributed by atoms with Gasteiger partial charge in [0, 0.05) is 12.7 Å². The van der Waals surface area contributed by atoms with Crippen LogP contribution in [0.3, 0.4) is 0 Å². The predicted molar refractivity (Wildman–Crippen MR) is 63.0 cm³/mol. The molecule has 2 atom stereocenters. The second-order valence-corrected chi connectivity index (χ2v) is 5.25. The fourth-order valence-corrected chi connectivity index (χ4v) is 2.48. The Kier molecular flexibility index (Phi) is 5.31. The van der Waals surface area contributed by atoms with Crippen LogP contribution in [0.1, 0.15) is 25.0 Å². The Balaban J connectivity index is 2.33. The van der Waals surface area contributed by atoms with E-state index in [0.717, 1.165) is 5.56 Å². The van der Waals surface area contributed by atoms with Crippen LogP contribution in [0.15, 0.2) is 16.8 Å². The Morgan fingerprint density at radius 3 is 2.87 bits per heavy atom. The Morgan fingerprint density at radius 1 is 1.60 bits per heavy atom. The number of thioether (sulfide) groups is 1. The molecule has 1 aromatic rings. The standard InChI is InChI=1S/C10H14O3S2/c1-7(11)15-5-3-9(12)10(13)8-2-4-14-6-8/h2,4,6,9-10,12-13H,3,5H2,1H3. The summed E-state index contributed by atoms with van der Waals surface area (Å²) in [5, 5.41) is 23.0. The molecule has 0 aliphatic heterocycles. The van der Waals surface area contributed by atoms with E-state index < -0.39 is 12.2 Å². The molecule has 1 aromatic heterocycles. The van der Waals surface area contributed by atoms with Crippen molar-refractivity contribution in [2.75, 3.05) is 5.75 Å². The normalized spacial score (nSPS) is 14.9. The van der Waals surface area contributed by atoms with Crippen molar-refractivity contribution < 1.29 is 15.0 Å². The molecule has 0 saturated heterocycles. The molecular formula is C10H14O3S2. The molecule has 3 nitrogen and oxygen atoms in total. The molecular weight excluding hydrogens is 232 g/mol. The van der Waals surface area contributed by atoms with E-state index in [0.29, 0.717) is 12.2 Å². The van der Waals surface area contributed by atoms with Crippen LogP contribution < -0.4 is 0 Å². The van der Waals surface area contributed by atoms with Crippen LogP contribution in [0.2, 0.25) is 0 Å². The van der Waals surface area contributed by atoms with Gasteiger partial charge in [-0.25, -0.2) is 0 Å². The van der Waals surface area contributed by atoms with Gasteiger partial charge < -0.3 is 10.2 Å². The Labute approximate surface area is 97.1 Å². The van der Waals surface area contributed by atoms with E-state index in [1.165, 1.54) is 30.0 Å². The van der Waals surface area contributed by atoms with E-state index in [9.17, 15) is 15.0 Å². The van der Waals surface area contributed by atoms with E-state index in [-0.39, 0.29) is 5.12 Å². The lowest BCUT2D eigenvalue weighted by atomic mass is 10.1. The van der Waals surface area contributed by atoms with Gasteiger partial charge in [-0.05, 0) is 28.8 Å². The maximum atomic E-state index is 10.6. The first-order valence-corrected chi connectivity index (χ1v) is 6.55. The van der Waals surface area contributed by atoms with Gasteiger partial charge in [0.25, 0.3) is 0 Å². The third-order valence-corrected chi connectivity index (χ3v) is 3.52. The topological polar surface area (TPSA) is 57.5 Å². The summed E-state index contributed by atoms with van der Waals surface area (Å²) in [5.41, 5.74) is 0.736. The summed E-state index contributed by atoms with van der Waals surface area (Å²) in [4.78, 5) is 10.6. The Morgan fingerprint density at radius 2 is 2.33 bits per heavy atom. The number of thiophene rings is 1. The molecule has 0 saturated carbocycles. The molecule has 0 aliphatic rings. The highest BCUT2D eigenvalue weighted by molar-refractivity contribution is 8.13. The van der Waals surface area contributed by atoms with Crippen LogP contribution in [0.4, 0.5) is 0 Å².